The second-order valence-corrected chi connectivity index (χ2v) is 7.00. The Morgan fingerprint density at radius 1 is 1.03 bits per heavy atom. The molecule has 32 heavy (non-hydrogen) atoms. The van der Waals surface area contributed by atoms with E-state index in [9.17, 15) is 9.18 Å². The third-order valence-corrected chi connectivity index (χ3v) is 4.88. The number of nitriles is 1. The van der Waals surface area contributed by atoms with E-state index in [-0.39, 0.29) is 11.1 Å². The Labute approximate surface area is 184 Å². The second kappa shape index (κ2) is 9.54. The van der Waals surface area contributed by atoms with Gasteiger partial charge in [0, 0.05) is 0 Å². The summed E-state index contributed by atoms with van der Waals surface area (Å²) in [5.41, 5.74) is 4.08. The Hall–Kier alpha value is -4.50. The highest BCUT2D eigenvalue weighted by Gasteiger charge is 2.11. The van der Waals surface area contributed by atoms with Crippen LogP contribution >= 0.6 is 0 Å². The first-order valence-electron chi connectivity index (χ1n) is 9.86. The largest absolute Gasteiger partial charge is 0.489 e. The lowest BCUT2D eigenvalue weighted by Crippen LogP contribution is -2.19. The molecular formula is C26H18FN3O2. The van der Waals surface area contributed by atoms with Crippen molar-refractivity contribution >= 4 is 22.9 Å². The van der Waals surface area contributed by atoms with Crippen LogP contribution in [0.4, 0.5) is 4.39 Å². The van der Waals surface area contributed by atoms with E-state index in [4.69, 9.17) is 10.00 Å². The van der Waals surface area contributed by atoms with Crippen molar-refractivity contribution in [1.82, 2.24) is 5.43 Å². The summed E-state index contributed by atoms with van der Waals surface area (Å²) < 4.78 is 19.8. The number of rotatable bonds is 6. The fourth-order valence-electron chi connectivity index (χ4n) is 3.22. The predicted molar refractivity (Wildman–Crippen MR) is 121 cm³/mol. The number of amides is 1. The monoisotopic (exact) mass is 423 g/mol. The van der Waals surface area contributed by atoms with Gasteiger partial charge in [0.25, 0.3) is 5.91 Å². The van der Waals surface area contributed by atoms with Gasteiger partial charge in [-0.3, -0.25) is 4.79 Å². The number of ether oxygens (including phenoxy) is 1. The molecule has 5 nitrogen and oxygen atoms in total. The van der Waals surface area contributed by atoms with E-state index in [2.05, 4.69) is 28.7 Å². The standard InChI is InChI=1S/C26H18FN3O2/c27-25-14-19(15-28)10-13-24(25)26(31)30-29-16-18-8-11-22(12-9-18)32-17-21-6-3-5-20-4-1-2-7-23(20)21/h1-14,16H,17H2,(H,30,31)/b29-16-. The topological polar surface area (TPSA) is 74.5 Å². The van der Waals surface area contributed by atoms with Crippen molar-refractivity contribution < 1.29 is 13.9 Å². The summed E-state index contributed by atoms with van der Waals surface area (Å²) in [5, 5.41) is 15.0. The Morgan fingerprint density at radius 3 is 2.59 bits per heavy atom. The maximum atomic E-state index is 13.9. The lowest BCUT2D eigenvalue weighted by Gasteiger charge is -2.09. The van der Waals surface area contributed by atoms with Crippen molar-refractivity contribution in [2.45, 2.75) is 6.61 Å². The summed E-state index contributed by atoms with van der Waals surface area (Å²) in [6, 6.07) is 27.0. The minimum atomic E-state index is -0.774. The van der Waals surface area contributed by atoms with Crippen LogP contribution in [0.15, 0.2) is 90.0 Å². The summed E-state index contributed by atoms with van der Waals surface area (Å²) in [6.45, 7) is 0.445. The van der Waals surface area contributed by atoms with Crippen LogP contribution in [0.25, 0.3) is 10.8 Å². The summed E-state index contributed by atoms with van der Waals surface area (Å²) in [6.07, 6.45) is 1.45. The fourth-order valence-corrected chi connectivity index (χ4v) is 3.22. The molecule has 1 amide bonds. The second-order valence-electron chi connectivity index (χ2n) is 7.00. The molecule has 0 radical (unpaired) electrons. The van der Waals surface area contributed by atoms with Crippen molar-refractivity contribution in [3.05, 3.63) is 113 Å². The highest BCUT2D eigenvalue weighted by Crippen LogP contribution is 2.21. The average molecular weight is 423 g/mol. The van der Waals surface area contributed by atoms with Gasteiger partial charge in [0.15, 0.2) is 0 Å². The molecule has 0 fully saturated rings. The molecule has 6 heteroatoms. The molecule has 0 aliphatic carbocycles. The Balaban J connectivity index is 1.35. The maximum absolute atomic E-state index is 13.9. The van der Waals surface area contributed by atoms with E-state index < -0.39 is 11.7 Å². The molecule has 4 aromatic carbocycles. The number of benzene rings is 4. The van der Waals surface area contributed by atoms with Gasteiger partial charge >= 0.3 is 0 Å². The molecule has 0 aromatic heterocycles. The van der Waals surface area contributed by atoms with Crippen molar-refractivity contribution in [1.29, 1.82) is 5.26 Å². The molecule has 0 unspecified atom stereocenters. The minimum Gasteiger partial charge on any atom is -0.489 e. The maximum Gasteiger partial charge on any atom is 0.274 e. The van der Waals surface area contributed by atoms with Crippen molar-refractivity contribution in [2.24, 2.45) is 5.10 Å². The third-order valence-electron chi connectivity index (χ3n) is 4.88. The van der Waals surface area contributed by atoms with E-state index in [1.165, 1.54) is 23.7 Å². The molecule has 0 saturated heterocycles. The summed E-state index contributed by atoms with van der Waals surface area (Å²) >= 11 is 0. The number of halogens is 1. The SMILES string of the molecule is N#Cc1ccc(C(=O)N/N=C\c2ccc(OCc3cccc4ccccc34)cc2)c(F)c1. The molecular weight excluding hydrogens is 405 g/mol. The van der Waals surface area contributed by atoms with Crippen molar-refractivity contribution in [3.8, 4) is 11.8 Å². The molecule has 1 N–H and O–H groups in total. The first-order valence-corrected chi connectivity index (χ1v) is 9.86. The third kappa shape index (κ3) is 4.79. The number of nitrogens with one attached hydrogen (secondary N) is 1. The van der Waals surface area contributed by atoms with Gasteiger partial charge in [-0.15, -0.1) is 0 Å². The Kier molecular flexibility index (Phi) is 6.19. The normalized spacial score (nSPS) is 10.8. The first-order chi connectivity index (χ1) is 15.6. The first kappa shape index (κ1) is 20.8. The smallest absolute Gasteiger partial charge is 0.274 e. The molecule has 4 rings (SSSR count). The van der Waals surface area contributed by atoms with Gasteiger partial charge in [0.05, 0.1) is 23.4 Å². The number of hydrazone groups is 1. The molecule has 0 saturated carbocycles. The van der Waals surface area contributed by atoms with Crippen LogP contribution < -0.4 is 10.2 Å². The molecule has 0 bridgehead atoms. The molecule has 4 aromatic rings. The zero-order chi connectivity index (χ0) is 22.3. The number of hydrogen-bond acceptors (Lipinski definition) is 4. The lowest BCUT2D eigenvalue weighted by molar-refractivity contribution is 0.0951. The number of nitrogens with zero attached hydrogens (tertiary/aromatic N) is 2. The fraction of sp³-hybridized carbons (Fsp3) is 0.0385. The van der Waals surface area contributed by atoms with Crippen molar-refractivity contribution in [3.63, 3.8) is 0 Å². The molecule has 156 valence electrons. The molecule has 0 aliphatic rings. The number of carbonyl (C=O) groups is 1. The average Bonchev–Trinajstić information content (AvgIpc) is 2.83. The van der Waals surface area contributed by atoms with Crippen molar-refractivity contribution in [2.75, 3.05) is 0 Å². The van der Waals surface area contributed by atoms with Gasteiger partial charge in [-0.1, -0.05) is 42.5 Å². The lowest BCUT2D eigenvalue weighted by atomic mass is 10.1. The van der Waals surface area contributed by atoms with Gasteiger partial charge < -0.3 is 4.74 Å². The zero-order valence-electron chi connectivity index (χ0n) is 17.0. The number of fused-ring (bicyclic) bond motifs is 1. The minimum absolute atomic E-state index is 0.144. The van der Waals surface area contributed by atoms with Crippen LogP contribution in [0.5, 0.6) is 5.75 Å². The molecule has 0 atom stereocenters. The number of hydrogen-bond donors (Lipinski definition) is 1. The molecule has 0 spiro atoms. The van der Waals surface area contributed by atoms with E-state index in [0.29, 0.717) is 12.4 Å². The van der Waals surface area contributed by atoms with E-state index in [0.717, 1.165) is 22.6 Å². The summed E-state index contributed by atoms with van der Waals surface area (Å²) in [7, 11) is 0. The van der Waals surface area contributed by atoms with Crippen LogP contribution in [-0.4, -0.2) is 12.1 Å². The Morgan fingerprint density at radius 2 is 1.81 bits per heavy atom. The van der Waals surface area contributed by atoms with Crippen LogP contribution in [-0.2, 0) is 6.61 Å². The summed E-state index contributed by atoms with van der Waals surface area (Å²) in [5.74, 6) is -0.762. The van der Waals surface area contributed by atoms with E-state index in [1.807, 2.05) is 42.5 Å². The van der Waals surface area contributed by atoms with E-state index >= 15 is 0 Å². The van der Waals surface area contributed by atoms with Crippen LogP contribution in [0.2, 0.25) is 0 Å². The van der Waals surface area contributed by atoms with Gasteiger partial charge in [0.2, 0.25) is 0 Å². The molecule has 0 heterocycles. The van der Waals surface area contributed by atoms with Crippen LogP contribution in [0, 0.1) is 17.1 Å². The van der Waals surface area contributed by atoms with Crippen LogP contribution in [0.1, 0.15) is 27.0 Å². The van der Waals surface area contributed by atoms with Gasteiger partial charge in [0.1, 0.15) is 18.2 Å². The zero-order valence-corrected chi connectivity index (χ0v) is 17.0. The Bertz CT molecular complexity index is 1340. The van der Waals surface area contributed by atoms with Gasteiger partial charge in [-0.25, -0.2) is 9.82 Å². The highest BCUT2D eigenvalue weighted by molar-refractivity contribution is 5.95. The highest BCUT2D eigenvalue weighted by atomic mass is 19.1. The van der Waals surface area contributed by atoms with Crippen LogP contribution in [0.3, 0.4) is 0 Å². The quantitative estimate of drug-likeness (QED) is 0.342. The summed E-state index contributed by atoms with van der Waals surface area (Å²) in [4.78, 5) is 12.1. The van der Waals surface area contributed by atoms with E-state index in [1.54, 1.807) is 12.1 Å². The number of carbonyl (C=O) groups excluding carboxylic acids is 1. The predicted octanol–water partition coefficient (Wildman–Crippen LogP) is 5.19. The van der Waals surface area contributed by atoms with Gasteiger partial charge in [-0.05, 0) is 64.4 Å². The molecule has 0 aliphatic heterocycles. The van der Waals surface area contributed by atoms with Gasteiger partial charge in [-0.2, -0.15) is 10.4 Å².